The number of ether oxygens (including phenoxy) is 1. The monoisotopic (exact) mass is 201 g/mol. The lowest BCUT2D eigenvalue weighted by Gasteiger charge is -2.05. The summed E-state index contributed by atoms with van der Waals surface area (Å²) in [6.07, 6.45) is 0. The van der Waals surface area contributed by atoms with E-state index in [9.17, 15) is 0 Å². The Morgan fingerprint density at radius 1 is 1.42 bits per heavy atom. The van der Waals surface area contributed by atoms with Crippen molar-refractivity contribution in [3.8, 4) is 0 Å². The van der Waals surface area contributed by atoms with Gasteiger partial charge in [-0.1, -0.05) is 11.6 Å². The van der Waals surface area contributed by atoms with Gasteiger partial charge in [-0.2, -0.15) is 0 Å². The lowest BCUT2D eigenvalue weighted by molar-refractivity contribution is 0.413. The van der Waals surface area contributed by atoms with E-state index in [1.165, 1.54) is 7.11 Å². The van der Waals surface area contributed by atoms with E-state index in [4.69, 9.17) is 28.6 Å². The summed E-state index contributed by atoms with van der Waals surface area (Å²) < 4.78 is 4.77. The van der Waals surface area contributed by atoms with Crippen LogP contribution in [0.1, 0.15) is 0 Å². The second-order valence-corrected chi connectivity index (χ2v) is 2.93. The third kappa shape index (κ3) is 2.68. The van der Waals surface area contributed by atoms with Crippen LogP contribution >= 0.6 is 23.8 Å². The molecule has 0 saturated carbocycles. The minimum Gasteiger partial charge on any atom is -0.474 e. The van der Waals surface area contributed by atoms with Gasteiger partial charge in [-0.25, -0.2) is 0 Å². The van der Waals surface area contributed by atoms with Gasteiger partial charge in [0.25, 0.3) is 5.17 Å². The summed E-state index contributed by atoms with van der Waals surface area (Å²) in [6, 6.07) is 7.21. The Bertz CT molecular complexity index is 273. The van der Waals surface area contributed by atoms with Gasteiger partial charge in [0.2, 0.25) is 0 Å². The van der Waals surface area contributed by atoms with Crippen LogP contribution in [0.2, 0.25) is 5.02 Å². The molecule has 1 aromatic rings. The Kier molecular flexibility index (Phi) is 3.31. The van der Waals surface area contributed by atoms with Crippen LogP contribution in [0, 0.1) is 0 Å². The Labute approximate surface area is 81.5 Å². The average molecular weight is 202 g/mol. The normalized spacial score (nSPS) is 9.17. The summed E-state index contributed by atoms with van der Waals surface area (Å²) in [4.78, 5) is 0. The highest BCUT2D eigenvalue weighted by Gasteiger charge is 1.94. The largest absolute Gasteiger partial charge is 0.474 e. The van der Waals surface area contributed by atoms with E-state index in [0.29, 0.717) is 10.2 Å². The predicted octanol–water partition coefficient (Wildman–Crippen LogP) is 2.68. The molecule has 0 saturated heterocycles. The molecule has 12 heavy (non-hydrogen) atoms. The number of halogens is 1. The highest BCUT2D eigenvalue weighted by Crippen LogP contribution is 2.13. The van der Waals surface area contributed by atoms with Gasteiger partial charge >= 0.3 is 0 Å². The lowest BCUT2D eigenvalue weighted by atomic mass is 10.3. The Morgan fingerprint density at radius 3 is 2.50 bits per heavy atom. The minimum absolute atomic E-state index is 0.345. The summed E-state index contributed by atoms with van der Waals surface area (Å²) in [6.45, 7) is 0. The van der Waals surface area contributed by atoms with Crippen molar-refractivity contribution in [1.29, 1.82) is 0 Å². The van der Waals surface area contributed by atoms with Crippen molar-refractivity contribution in [2.24, 2.45) is 0 Å². The number of nitrogens with one attached hydrogen (secondary N) is 1. The Balaban J connectivity index is 2.64. The smallest absolute Gasteiger partial charge is 0.260 e. The van der Waals surface area contributed by atoms with Crippen LogP contribution in [0.5, 0.6) is 0 Å². The van der Waals surface area contributed by atoms with Gasteiger partial charge in [0.05, 0.1) is 7.11 Å². The maximum atomic E-state index is 5.69. The van der Waals surface area contributed by atoms with Gasteiger partial charge in [0.1, 0.15) is 0 Å². The van der Waals surface area contributed by atoms with Crippen LogP contribution in [-0.4, -0.2) is 12.3 Å². The van der Waals surface area contributed by atoms with E-state index in [1.54, 1.807) is 12.1 Å². The molecule has 0 bridgehead atoms. The molecule has 0 aliphatic heterocycles. The third-order valence-electron chi connectivity index (χ3n) is 1.28. The standard InChI is InChI=1S/C8H8ClNOS/c1-11-8(12)10-7-4-2-6(9)3-5-7/h2-5H,1H3,(H,10,12). The highest BCUT2D eigenvalue weighted by atomic mass is 35.5. The summed E-state index contributed by atoms with van der Waals surface area (Å²) in [5, 5.41) is 3.91. The molecule has 0 atom stereocenters. The molecule has 0 amide bonds. The minimum atomic E-state index is 0.345. The van der Waals surface area contributed by atoms with Crippen LogP contribution in [-0.2, 0) is 4.74 Å². The van der Waals surface area contributed by atoms with E-state index >= 15 is 0 Å². The zero-order valence-electron chi connectivity index (χ0n) is 6.50. The van der Waals surface area contributed by atoms with E-state index in [0.717, 1.165) is 5.69 Å². The molecule has 2 nitrogen and oxygen atoms in total. The quantitative estimate of drug-likeness (QED) is 0.706. The number of methoxy groups -OCH3 is 1. The van der Waals surface area contributed by atoms with Crippen molar-refractivity contribution >= 4 is 34.7 Å². The second kappa shape index (κ2) is 4.28. The topological polar surface area (TPSA) is 21.3 Å². The molecule has 0 spiro atoms. The number of hydrogen-bond acceptors (Lipinski definition) is 2. The van der Waals surface area contributed by atoms with Crippen LogP contribution in [0.15, 0.2) is 24.3 Å². The van der Waals surface area contributed by atoms with Crippen molar-refractivity contribution in [1.82, 2.24) is 0 Å². The van der Waals surface area contributed by atoms with Crippen LogP contribution in [0.4, 0.5) is 5.69 Å². The zero-order valence-corrected chi connectivity index (χ0v) is 8.08. The van der Waals surface area contributed by atoms with Crippen molar-refractivity contribution < 1.29 is 4.74 Å². The first kappa shape index (κ1) is 9.29. The highest BCUT2D eigenvalue weighted by molar-refractivity contribution is 7.80. The number of rotatable bonds is 1. The molecule has 0 aliphatic carbocycles. The van der Waals surface area contributed by atoms with Crippen molar-refractivity contribution in [3.63, 3.8) is 0 Å². The summed E-state index contributed by atoms with van der Waals surface area (Å²) in [5.74, 6) is 0. The maximum Gasteiger partial charge on any atom is 0.260 e. The van der Waals surface area contributed by atoms with Gasteiger partial charge in [0.15, 0.2) is 0 Å². The molecule has 0 fully saturated rings. The predicted molar refractivity (Wildman–Crippen MR) is 54.7 cm³/mol. The molecule has 0 aliphatic rings. The van der Waals surface area contributed by atoms with Crippen molar-refractivity contribution in [3.05, 3.63) is 29.3 Å². The molecule has 64 valence electrons. The zero-order chi connectivity index (χ0) is 8.97. The van der Waals surface area contributed by atoms with Crippen LogP contribution in [0.3, 0.4) is 0 Å². The van der Waals surface area contributed by atoms with E-state index in [-0.39, 0.29) is 0 Å². The maximum absolute atomic E-state index is 5.69. The number of hydrogen-bond donors (Lipinski definition) is 1. The fraction of sp³-hybridized carbons (Fsp3) is 0.125. The molecule has 1 rings (SSSR count). The molecule has 0 unspecified atom stereocenters. The van der Waals surface area contributed by atoms with Gasteiger partial charge in [-0.05, 0) is 36.5 Å². The Hall–Kier alpha value is -0.800. The second-order valence-electron chi connectivity index (χ2n) is 2.12. The summed E-state index contributed by atoms with van der Waals surface area (Å²) in [5.41, 5.74) is 0.867. The molecular formula is C8H8ClNOS. The van der Waals surface area contributed by atoms with E-state index in [1.807, 2.05) is 12.1 Å². The van der Waals surface area contributed by atoms with Gasteiger partial charge < -0.3 is 10.1 Å². The SMILES string of the molecule is COC(=S)Nc1ccc(Cl)cc1. The Morgan fingerprint density at radius 2 is 2.00 bits per heavy atom. The first-order valence-electron chi connectivity index (χ1n) is 3.33. The van der Waals surface area contributed by atoms with Gasteiger partial charge in [-0.15, -0.1) is 0 Å². The molecule has 0 heterocycles. The third-order valence-corrected chi connectivity index (χ3v) is 1.80. The van der Waals surface area contributed by atoms with E-state index in [2.05, 4.69) is 5.32 Å². The molecule has 1 N–H and O–H groups in total. The number of benzene rings is 1. The molecule has 1 aromatic carbocycles. The van der Waals surface area contributed by atoms with E-state index < -0.39 is 0 Å². The summed E-state index contributed by atoms with van der Waals surface area (Å²) >= 11 is 10.5. The van der Waals surface area contributed by atoms with Crippen LogP contribution in [0.25, 0.3) is 0 Å². The van der Waals surface area contributed by atoms with Gasteiger partial charge in [0, 0.05) is 10.7 Å². The fourth-order valence-corrected chi connectivity index (χ4v) is 0.946. The molecule has 0 aromatic heterocycles. The molecule has 4 heteroatoms. The van der Waals surface area contributed by atoms with Gasteiger partial charge in [-0.3, -0.25) is 0 Å². The van der Waals surface area contributed by atoms with Crippen LogP contribution < -0.4 is 5.32 Å². The van der Waals surface area contributed by atoms with Crippen molar-refractivity contribution in [2.75, 3.05) is 12.4 Å². The number of anilines is 1. The lowest BCUT2D eigenvalue weighted by Crippen LogP contribution is -2.10. The average Bonchev–Trinajstić information content (AvgIpc) is 2.09. The fourth-order valence-electron chi connectivity index (χ4n) is 0.702. The molecular weight excluding hydrogens is 194 g/mol. The first-order chi connectivity index (χ1) is 5.72. The first-order valence-corrected chi connectivity index (χ1v) is 4.11. The molecule has 0 radical (unpaired) electrons. The number of thiocarbonyl (C=S) groups is 1. The van der Waals surface area contributed by atoms with Crippen molar-refractivity contribution in [2.45, 2.75) is 0 Å². The summed E-state index contributed by atoms with van der Waals surface area (Å²) in [7, 11) is 1.52.